The molecule has 0 radical (unpaired) electrons. The van der Waals surface area contributed by atoms with E-state index < -0.39 is 29.9 Å². The van der Waals surface area contributed by atoms with Crippen LogP contribution in [-0.2, 0) is 32.0 Å². The van der Waals surface area contributed by atoms with Gasteiger partial charge in [-0.15, -0.1) is 0 Å². The van der Waals surface area contributed by atoms with Crippen LogP contribution in [0, 0.1) is 13.8 Å². The van der Waals surface area contributed by atoms with Gasteiger partial charge in [-0.3, -0.25) is 37.9 Å². The Kier molecular flexibility index (Phi) is 14.7. The SMILES string of the molecule is Cc1c(CC(=O)NC(C)C(=O)O)c2cc(O)c(Cl)cc2n1C(=O)c1ccc(Br)cc1.Cc1c(CC(=O)NC(C)CC(=O)O)c2cc(O)c(Cl)cc2n1C(=O)c1ccc(Br)cc1. The first-order chi connectivity index (χ1) is 28.7. The second-order valence-corrected chi connectivity index (χ2v) is 16.8. The van der Waals surface area contributed by atoms with Gasteiger partial charge in [-0.25, -0.2) is 0 Å². The van der Waals surface area contributed by atoms with Crippen LogP contribution in [0.2, 0.25) is 10.0 Å². The van der Waals surface area contributed by atoms with Gasteiger partial charge in [-0.2, -0.15) is 0 Å². The monoisotopic (exact) mass is 998 g/mol. The Bertz CT molecular complexity index is 2730. The minimum atomic E-state index is -1.16. The summed E-state index contributed by atoms with van der Waals surface area (Å²) in [5, 5.41) is 44.3. The van der Waals surface area contributed by atoms with Crippen molar-refractivity contribution in [2.24, 2.45) is 0 Å². The second kappa shape index (κ2) is 19.4. The van der Waals surface area contributed by atoms with Crippen molar-refractivity contribution in [2.45, 2.75) is 59.0 Å². The van der Waals surface area contributed by atoms with Gasteiger partial charge in [0.05, 0.1) is 40.3 Å². The van der Waals surface area contributed by atoms with E-state index in [-0.39, 0.29) is 58.5 Å². The van der Waals surface area contributed by atoms with Gasteiger partial charge in [0.25, 0.3) is 11.8 Å². The third-order valence-electron chi connectivity index (χ3n) is 9.71. The smallest absolute Gasteiger partial charge is 0.325 e. The number of nitrogens with one attached hydrogen (secondary N) is 2. The zero-order valence-electron chi connectivity index (χ0n) is 32.8. The molecule has 0 aliphatic carbocycles. The lowest BCUT2D eigenvalue weighted by Gasteiger charge is -2.12. The van der Waals surface area contributed by atoms with Gasteiger partial charge in [0.15, 0.2) is 0 Å². The van der Waals surface area contributed by atoms with Crippen molar-refractivity contribution in [2.75, 3.05) is 0 Å². The first-order valence-electron chi connectivity index (χ1n) is 18.4. The number of phenolic OH excluding ortho intramolecular Hbond substituents is 2. The van der Waals surface area contributed by atoms with Gasteiger partial charge in [-0.05, 0) is 112 Å². The molecule has 0 saturated heterocycles. The molecule has 2 heterocycles. The summed E-state index contributed by atoms with van der Waals surface area (Å²) in [5.41, 5.74) is 3.86. The molecule has 14 nitrogen and oxygen atoms in total. The number of benzene rings is 4. The number of nitrogens with zero attached hydrogens (tertiary/aromatic N) is 2. The molecule has 6 aromatic rings. The molecular formula is C43H38Br2Cl2N4O10. The molecule has 61 heavy (non-hydrogen) atoms. The van der Waals surface area contributed by atoms with Gasteiger partial charge < -0.3 is 31.1 Å². The predicted molar refractivity (Wildman–Crippen MR) is 237 cm³/mol. The molecule has 6 N–H and O–H groups in total. The van der Waals surface area contributed by atoms with E-state index in [1.807, 2.05) is 0 Å². The van der Waals surface area contributed by atoms with Crippen molar-refractivity contribution < 1.29 is 49.2 Å². The highest BCUT2D eigenvalue weighted by molar-refractivity contribution is 9.10. The van der Waals surface area contributed by atoms with E-state index in [1.54, 1.807) is 69.3 Å². The van der Waals surface area contributed by atoms with E-state index in [0.29, 0.717) is 55.4 Å². The molecule has 318 valence electrons. The number of rotatable bonds is 11. The third-order valence-corrected chi connectivity index (χ3v) is 11.4. The molecule has 2 atom stereocenters. The number of hydrogen-bond acceptors (Lipinski definition) is 8. The Balaban J connectivity index is 0.000000231. The number of halogens is 4. The Morgan fingerprint density at radius 2 is 1.02 bits per heavy atom. The Hall–Kier alpha value is -5.68. The van der Waals surface area contributed by atoms with Crippen LogP contribution in [0.1, 0.15) is 63.5 Å². The number of aromatic nitrogens is 2. The van der Waals surface area contributed by atoms with Crippen LogP contribution in [-0.4, -0.2) is 77.2 Å². The third kappa shape index (κ3) is 10.6. The zero-order chi connectivity index (χ0) is 45.0. The van der Waals surface area contributed by atoms with Gasteiger partial charge in [0.1, 0.15) is 17.5 Å². The molecule has 0 saturated carbocycles. The Morgan fingerprint density at radius 1 is 0.639 bits per heavy atom. The predicted octanol–water partition coefficient (Wildman–Crippen LogP) is 8.17. The summed E-state index contributed by atoms with van der Waals surface area (Å²) in [6.45, 7) is 6.36. The minimum Gasteiger partial charge on any atom is -0.506 e. The first kappa shape index (κ1) is 46.4. The van der Waals surface area contributed by atoms with Crippen LogP contribution in [0.4, 0.5) is 0 Å². The Morgan fingerprint density at radius 3 is 1.38 bits per heavy atom. The largest absolute Gasteiger partial charge is 0.506 e. The molecule has 18 heteroatoms. The van der Waals surface area contributed by atoms with Gasteiger partial charge in [0.2, 0.25) is 11.8 Å². The van der Waals surface area contributed by atoms with E-state index in [9.17, 15) is 39.0 Å². The lowest BCUT2D eigenvalue weighted by molar-refractivity contribution is -0.141. The lowest BCUT2D eigenvalue weighted by Crippen LogP contribution is -2.39. The van der Waals surface area contributed by atoms with Crippen molar-refractivity contribution in [3.8, 4) is 11.5 Å². The zero-order valence-corrected chi connectivity index (χ0v) is 37.5. The maximum absolute atomic E-state index is 13.3. The highest BCUT2D eigenvalue weighted by Gasteiger charge is 2.26. The standard InChI is InChI=1S/C22H20BrClN2O5.C21H18BrClN2O5/c1-11(7-21(29)30)25-20(28)9-15-12(2)26(18-10-17(24)19(27)8-16(15)18)22(31)13-3-5-14(23)6-4-13;1-10(21(29)30)24-19(27)8-14-11(2)25(17-9-16(23)18(26)7-15(14)17)20(28)12-3-5-13(22)6-4-12/h3-6,8,10-11,27H,7,9H2,1-2H3,(H,25,28)(H,29,30);3-7,9-10,26H,8H2,1-2H3,(H,24,27)(H,29,30). The van der Waals surface area contributed by atoms with Crippen molar-refractivity contribution in [1.29, 1.82) is 0 Å². The number of carbonyl (C=O) groups is 6. The number of fused-ring (bicyclic) bond motifs is 2. The number of carboxylic acids is 2. The summed E-state index contributed by atoms with van der Waals surface area (Å²) in [6.07, 6.45) is -0.458. The van der Waals surface area contributed by atoms with Crippen molar-refractivity contribution in [3.63, 3.8) is 0 Å². The number of aliphatic carboxylic acids is 2. The normalized spacial score (nSPS) is 12.0. The maximum Gasteiger partial charge on any atom is 0.325 e. The van der Waals surface area contributed by atoms with Crippen LogP contribution in [0.3, 0.4) is 0 Å². The highest BCUT2D eigenvalue weighted by atomic mass is 79.9. The van der Waals surface area contributed by atoms with Crippen LogP contribution < -0.4 is 10.6 Å². The fourth-order valence-corrected chi connectivity index (χ4v) is 7.55. The van der Waals surface area contributed by atoms with E-state index in [0.717, 1.165) is 8.95 Å². The number of aromatic hydroxyl groups is 2. The summed E-state index contributed by atoms with van der Waals surface area (Å²) in [5.74, 6) is -4.04. The van der Waals surface area contributed by atoms with Crippen molar-refractivity contribution in [1.82, 2.24) is 19.8 Å². The highest BCUT2D eigenvalue weighted by Crippen LogP contribution is 2.36. The molecule has 0 aliphatic rings. The van der Waals surface area contributed by atoms with Crippen LogP contribution in [0.15, 0.2) is 81.7 Å². The van der Waals surface area contributed by atoms with E-state index in [1.165, 1.54) is 40.3 Å². The maximum atomic E-state index is 13.3. The van der Waals surface area contributed by atoms with Gasteiger partial charge in [-0.1, -0.05) is 55.1 Å². The lowest BCUT2D eigenvalue weighted by atomic mass is 10.1. The van der Waals surface area contributed by atoms with E-state index in [2.05, 4.69) is 42.5 Å². The average Bonchev–Trinajstić information content (AvgIpc) is 3.58. The molecule has 2 aromatic heterocycles. The second-order valence-electron chi connectivity index (χ2n) is 14.1. The van der Waals surface area contributed by atoms with Crippen molar-refractivity contribution in [3.05, 3.63) is 125 Å². The quantitative estimate of drug-likeness (QED) is 0.0732. The summed E-state index contributed by atoms with van der Waals surface area (Å²) < 4.78 is 4.56. The van der Waals surface area contributed by atoms with Crippen LogP contribution in [0.25, 0.3) is 21.8 Å². The number of carbonyl (C=O) groups excluding carboxylic acids is 4. The van der Waals surface area contributed by atoms with Crippen LogP contribution >= 0.6 is 55.1 Å². The Labute approximate surface area is 375 Å². The molecule has 0 spiro atoms. The summed E-state index contributed by atoms with van der Waals surface area (Å²) in [6, 6.07) is 17.9. The molecule has 0 bridgehead atoms. The van der Waals surface area contributed by atoms with E-state index >= 15 is 0 Å². The molecule has 2 amide bonds. The van der Waals surface area contributed by atoms with Crippen molar-refractivity contribution >= 4 is 112 Å². The molecular weight excluding hydrogens is 963 g/mol. The number of hydrogen-bond donors (Lipinski definition) is 6. The number of phenols is 2. The minimum absolute atomic E-state index is 0.0698. The van der Waals surface area contributed by atoms with Crippen LogP contribution in [0.5, 0.6) is 11.5 Å². The van der Waals surface area contributed by atoms with E-state index in [4.69, 9.17) is 33.4 Å². The number of carboxylic acid groups (broad SMARTS) is 2. The average molecular weight is 1000 g/mol. The number of amides is 2. The molecule has 0 fully saturated rings. The van der Waals surface area contributed by atoms with Gasteiger partial charge >= 0.3 is 11.9 Å². The fourth-order valence-electron chi connectivity index (χ4n) is 6.70. The fraction of sp³-hybridized carbons (Fsp3) is 0.209. The molecule has 6 rings (SSSR count). The molecule has 4 aromatic carbocycles. The molecule has 0 aliphatic heterocycles. The summed E-state index contributed by atoms with van der Waals surface area (Å²) in [7, 11) is 0. The topological polar surface area (TPSA) is 217 Å². The molecule has 2 unspecified atom stereocenters. The first-order valence-corrected chi connectivity index (χ1v) is 20.7. The summed E-state index contributed by atoms with van der Waals surface area (Å²) in [4.78, 5) is 73.3. The summed E-state index contributed by atoms with van der Waals surface area (Å²) >= 11 is 18.9. The van der Waals surface area contributed by atoms with Gasteiger partial charge in [0, 0.05) is 48.3 Å².